The second-order valence-corrected chi connectivity index (χ2v) is 6.42. The number of halogens is 1. The van der Waals surface area contributed by atoms with Gasteiger partial charge in [0.1, 0.15) is 17.7 Å². The highest BCUT2D eigenvalue weighted by molar-refractivity contribution is 5.87. The van der Waals surface area contributed by atoms with E-state index in [0.717, 1.165) is 5.56 Å². The fraction of sp³-hybridized carbons (Fsp3) is 0.263. The predicted octanol–water partition coefficient (Wildman–Crippen LogP) is 2.79. The van der Waals surface area contributed by atoms with E-state index in [1.807, 2.05) is 6.07 Å². The Bertz CT molecular complexity index is 957. The van der Waals surface area contributed by atoms with E-state index in [2.05, 4.69) is 20.4 Å². The van der Waals surface area contributed by atoms with E-state index >= 15 is 0 Å². The standard InChI is InChI=1S/C19H18FN5O2/c1-12-22-18(27-24-12)15-3-2-9-21-17(15)23-16-8-10-25(19(16)26)11-13-4-6-14(20)7-5-13/h2-7,9,16H,8,10-11H2,1H3,(H,21,23). The SMILES string of the molecule is Cc1noc(-c2cccnc2NC2CCN(Cc3ccc(F)cc3)C2=O)n1. The zero-order chi connectivity index (χ0) is 18.8. The van der Waals surface area contributed by atoms with E-state index in [1.54, 1.807) is 36.2 Å². The number of hydrogen-bond acceptors (Lipinski definition) is 6. The van der Waals surface area contributed by atoms with Crippen LogP contribution in [0.3, 0.4) is 0 Å². The van der Waals surface area contributed by atoms with Crippen LogP contribution in [0, 0.1) is 12.7 Å². The molecule has 1 unspecified atom stereocenters. The molecule has 7 nitrogen and oxygen atoms in total. The third-order valence-corrected chi connectivity index (χ3v) is 4.46. The van der Waals surface area contributed by atoms with Gasteiger partial charge in [0.25, 0.3) is 5.89 Å². The van der Waals surface area contributed by atoms with Gasteiger partial charge in [-0.3, -0.25) is 4.79 Å². The summed E-state index contributed by atoms with van der Waals surface area (Å²) in [7, 11) is 0. The lowest BCUT2D eigenvalue weighted by Crippen LogP contribution is -2.33. The molecule has 8 heteroatoms. The summed E-state index contributed by atoms with van der Waals surface area (Å²) in [5, 5.41) is 7.00. The molecular formula is C19H18FN5O2. The molecule has 0 radical (unpaired) electrons. The maximum Gasteiger partial charge on any atom is 0.261 e. The molecule has 1 aromatic carbocycles. The summed E-state index contributed by atoms with van der Waals surface area (Å²) in [6, 6.07) is 9.39. The Kier molecular flexibility index (Phi) is 4.53. The van der Waals surface area contributed by atoms with Gasteiger partial charge in [-0.25, -0.2) is 9.37 Å². The molecule has 2 aromatic heterocycles. The molecule has 0 bridgehead atoms. The normalized spacial score (nSPS) is 16.7. The summed E-state index contributed by atoms with van der Waals surface area (Å²) >= 11 is 0. The first-order valence-corrected chi connectivity index (χ1v) is 8.65. The van der Waals surface area contributed by atoms with E-state index in [1.165, 1.54) is 12.1 Å². The van der Waals surface area contributed by atoms with Gasteiger partial charge in [0.2, 0.25) is 5.91 Å². The van der Waals surface area contributed by atoms with Crippen molar-refractivity contribution in [3.8, 4) is 11.5 Å². The van der Waals surface area contributed by atoms with E-state index in [-0.39, 0.29) is 17.8 Å². The third-order valence-electron chi connectivity index (χ3n) is 4.46. The Hall–Kier alpha value is -3.29. The number of nitrogens with one attached hydrogen (secondary N) is 1. The molecule has 0 aliphatic carbocycles. The highest BCUT2D eigenvalue weighted by Gasteiger charge is 2.32. The highest BCUT2D eigenvalue weighted by Crippen LogP contribution is 2.27. The van der Waals surface area contributed by atoms with Gasteiger partial charge in [-0.05, 0) is 43.2 Å². The van der Waals surface area contributed by atoms with Gasteiger partial charge in [0, 0.05) is 19.3 Å². The van der Waals surface area contributed by atoms with Crippen LogP contribution in [0.25, 0.3) is 11.5 Å². The first kappa shape index (κ1) is 17.1. The molecule has 0 saturated carbocycles. The van der Waals surface area contributed by atoms with Crippen LogP contribution in [0.15, 0.2) is 47.1 Å². The molecular weight excluding hydrogens is 349 g/mol. The molecule has 1 N–H and O–H groups in total. The van der Waals surface area contributed by atoms with Crippen molar-refractivity contribution in [2.75, 3.05) is 11.9 Å². The molecule has 3 heterocycles. The zero-order valence-electron chi connectivity index (χ0n) is 14.7. The second kappa shape index (κ2) is 7.14. The molecule has 27 heavy (non-hydrogen) atoms. The molecule has 1 amide bonds. The summed E-state index contributed by atoms with van der Waals surface area (Å²) in [5.74, 6) is 1.12. The molecule has 1 saturated heterocycles. The molecule has 138 valence electrons. The van der Waals surface area contributed by atoms with E-state index in [0.29, 0.717) is 42.6 Å². The minimum atomic E-state index is -0.386. The molecule has 0 spiro atoms. The Labute approximate surface area is 155 Å². The fourth-order valence-corrected chi connectivity index (χ4v) is 3.10. The smallest absolute Gasteiger partial charge is 0.261 e. The van der Waals surface area contributed by atoms with Crippen molar-refractivity contribution >= 4 is 11.7 Å². The van der Waals surface area contributed by atoms with E-state index < -0.39 is 0 Å². The van der Waals surface area contributed by atoms with E-state index in [9.17, 15) is 9.18 Å². The minimum Gasteiger partial charge on any atom is -0.358 e. The monoisotopic (exact) mass is 367 g/mol. The average Bonchev–Trinajstić information content (AvgIpc) is 3.25. The minimum absolute atomic E-state index is 0.0161. The largest absolute Gasteiger partial charge is 0.358 e. The number of amides is 1. The number of aryl methyl sites for hydroxylation is 1. The van der Waals surface area contributed by atoms with Gasteiger partial charge >= 0.3 is 0 Å². The number of pyridine rings is 1. The number of carbonyl (C=O) groups excluding carboxylic acids is 1. The molecule has 1 aliphatic heterocycles. The second-order valence-electron chi connectivity index (χ2n) is 6.42. The molecule has 4 rings (SSSR count). The number of likely N-dealkylation sites (tertiary alicyclic amines) is 1. The number of carbonyl (C=O) groups is 1. The topological polar surface area (TPSA) is 84.2 Å². The lowest BCUT2D eigenvalue weighted by Gasteiger charge is -2.18. The predicted molar refractivity (Wildman–Crippen MR) is 96.1 cm³/mol. The first-order valence-electron chi connectivity index (χ1n) is 8.65. The van der Waals surface area contributed by atoms with Crippen LogP contribution in [0.5, 0.6) is 0 Å². The lowest BCUT2D eigenvalue weighted by atomic mass is 10.2. The van der Waals surface area contributed by atoms with Crippen LogP contribution in [-0.4, -0.2) is 38.5 Å². The summed E-state index contributed by atoms with van der Waals surface area (Å²) in [6.07, 6.45) is 2.30. The number of aromatic nitrogens is 3. The maximum absolute atomic E-state index is 13.0. The van der Waals surface area contributed by atoms with Crippen LogP contribution in [-0.2, 0) is 11.3 Å². The Morgan fingerprint density at radius 2 is 2.11 bits per heavy atom. The Morgan fingerprint density at radius 1 is 1.30 bits per heavy atom. The van der Waals surface area contributed by atoms with Crippen molar-refractivity contribution in [3.05, 3.63) is 59.8 Å². The number of nitrogens with zero attached hydrogens (tertiary/aromatic N) is 4. The van der Waals surface area contributed by atoms with Gasteiger partial charge in [-0.2, -0.15) is 4.98 Å². The van der Waals surface area contributed by atoms with Gasteiger partial charge in [-0.15, -0.1) is 0 Å². The van der Waals surface area contributed by atoms with Gasteiger partial charge in [0.05, 0.1) is 5.56 Å². The number of hydrogen-bond donors (Lipinski definition) is 1. The zero-order valence-corrected chi connectivity index (χ0v) is 14.7. The van der Waals surface area contributed by atoms with Crippen molar-refractivity contribution in [1.82, 2.24) is 20.0 Å². The van der Waals surface area contributed by atoms with Gasteiger partial charge in [0.15, 0.2) is 5.82 Å². The number of anilines is 1. The van der Waals surface area contributed by atoms with Crippen molar-refractivity contribution in [2.45, 2.75) is 25.9 Å². The fourth-order valence-electron chi connectivity index (χ4n) is 3.10. The van der Waals surface area contributed by atoms with Gasteiger partial charge < -0.3 is 14.7 Å². The average molecular weight is 367 g/mol. The maximum atomic E-state index is 13.0. The van der Waals surface area contributed by atoms with E-state index in [4.69, 9.17) is 4.52 Å². The summed E-state index contributed by atoms with van der Waals surface area (Å²) in [6.45, 7) is 2.81. The highest BCUT2D eigenvalue weighted by atomic mass is 19.1. The van der Waals surface area contributed by atoms with Crippen LogP contribution in [0.2, 0.25) is 0 Å². The molecule has 1 atom stereocenters. The Balaban J connectivity index is 1.48. The molecule has 3 aromatic rings. The van der Waals surface area contributed by atoms with Crippen LogP contribution >= 0.6 is 0 Å². The van der Waals surface area contributed by atoms with Crippen LogP contribution in [0.1, 0.15) is 17.8 Å². The van der Waals surface area contributed by atoms with Gasteiger partial charge in [-0.1, -0.05) is 17.3 Å². The summed E-state index contributed by atoms with van der Waals surface area (Å²) in [4.78, 5) is 23.1. The summed E-state index contributed by atoms with van der Waals surface area (Å²) in [5.41, 5.74) is 1.55. The number of benzene rings is 1. The first-order chi connectivity index (χ1) is 13.1. The van der Waals surface area contributed by atoms with Crippen LogP contribution in [0.4, 0.5) is 10.2 Å². The van der Waals surface area contributed by atoms with Crippen molar-refractivity contribution in [3.63, 3.8) is 0 Å². The van der Waals surface area contributed by atoms with Crippen molar-refractivity contribution in [1.29, 1.82) is 0 Å². The molecule has 1 fully saturated rings. The quantitative estimate of drug-likeness (QED) is 0.747. The van der Waals surface area contributed by atoms with Crippen LogP contribution < -0.4 is 5.32 Å². The summed E-state index contributed by atoms with van der Waals surface area (Å²) < 4.78 is 18.3. The number of rotatable bonds is 5. The van der Waals surface area contributed by atoms with Crippen molar-refractivity contribution < 1.29 is 13.7 Å². The third kappa shape index (κ3) is 3.64. The van der Waals surface area contributed by atoms with Crippen molar-refractivity contribution in [2.24, 2.45) is 0 Å². The Morgan fingerprint density at radius 3 is 2.85 bits per heavy atom. The molecule has 1 aliphatic rings. The lowest BCUT2D eigenvalue weighted by molar-refractivity contribution is -0.128.